The second-order valence-corrected chi connectivity index (χ2v) is 7.39. The molecule has 0 saturated heterocycles. The number of rotatable bonds is 4. The van der Waals surface area contributed by atoms with Gasteiger partial charge in [-0.25, -0.2) is 9.37 Å². The third-order valence-electron chi connectivity index (χ3n) is 4.43. The smallest absolute Gasteiger partial charge is 0.287 e. The van der Waals surface area contributed by atoms with Gasteiger partial charge in [0.2, 0.25) is 0 Å². The standard InChI is InChI=1S/C21H17FN2O2S/c1-12-17-9-16(22)7-8-19(17)26-20(12)21(25)23-10-14-3-5-15(6-4-14)18-11-27-13(2)24-18/h3-9,11H,10H2,1-2H3,(H,23,25). The van der Waals surface area contributed by atoms with Gasteiger partial charge in [0.15, 0.2) is 5.76 Å². The Morgan fingerprint density at radius 2 is 1.96 bits per heavy atom. The molecule has 4 aromatic rings. The SMILES string of the molecule is Cc1nc(-c2ccc(CNC(=O)c3oc4ccc(F)cc4c3C)cc2)cs1. The summed E-state index contributed by atoms with van der Waals surface area (Å²) in [7, 11) is 0. The molecule has 0 unspecified atom stereocenters. The van der Waals surface area contributed by atoms with Gasteiger partial charge < -0.3 is 9.73 Å². The van der Waals surface area contributed by atoms with Crippen LogP contribution in [0.1, 0.15) is 26.7 Å². The van der Waals surface area contributed by atoms with Gasteiger partial charge in [-0.15, -0.1) is 11.3 Å². The molecular weight excluding hydrogens is 363 g/mol. The normalized spacial score (nSPS) is 11.1. The molecule has 0 radical (unpaired) electrons. The number of aromatic nitrogens is 1. The van der Waals surface area contributed by atoms with Gasteiger partial charge in [-0.3, -0.25) is 4.79 Å². The Hall–Kier alpha value is -2.99. The minimum absolute atomic E-state index is 0.213. The van der Waals surface area contributed by atoms with Crippen LogP contribution in [0.2, 0.25) is 0 Å². The van der Waals surface area contributed by atoms with E-state index >= 15 is 0 Å². The summed E-state index contributed by atoms with van der Waals surface area (Å²) in [5.74, 6) is -0.456. The number of fused-ring (bicyclic) bond motifs is 1. The Bertz CT molecular complexity index is 1130. The average molecular weight is 380 g/mol. The molecule has 0 atom stereocenters. The van der Waals surface area contributed by atoms with Crippen LogP contribution in [0.5, 0.6) is 0 Å². The molecule has 4 rings (SSSR count). The van der Waals surface area contributed by atoms with E-state index < -0.39 is 0 Å². The number of halogens is 1. The lowest BCUT2D eigenvalue weighted by Crippen LogP contribution is -2.22. The molecular formula is C21H17FN2O2S. The lowest BCUT2D eigenvalue weighted by Gasteiger charge is -2.05. The van der Waals surface area contributed by atoms with E-state index in [1.54, 1.807) is 18.3 Å². The minimum Gasteiger partial charge on any atom is -0.451 e. The van der Waals surface area contributed by atoms with Gasteiger partial charge in [0.05, 0.1) is 10.7 Å². The van der Waals surface area contributed by atoms with Crippen LogP contribution in [0.3, 0.4) is 0 Å². The molecule has 4 nitrogen and oxygen atoms in total. The van der Waals surface area contributed by atoms with E-state index in [1.807, 2.05) is 36.6 Å². The predicted octanol–water partition coefficient (Wildman–Crippen LogP) is 5.24. The quantitative estimate of drug-likeness (QED) is 0.527. The number of hydrogen-bond donors (Lipinski definition) is 1. The summed E-state index contributed by atoms with van der Waals surface area (Å²) in [6, 6.07) is 12.1. The molecule has 1 N–H and O–H groups in total. The van der Waals surface area contributed by atoms with Crippen molar-refractivity contribution in [1.82, 2.24) is 10.3 Å². The van der Waals surface area contributed by atoms with Crippen molar-refractivity contribution in [2.75, 3.05) is 0 Å². The van der Waals surface area contributed by atoms with Gasteiger partial charge in [-0.05, 0) is 37.6 Å². The predicted molar refractivity (Wildman–Crippen MR) is 104 cm³/mol. The maximum Gasteiger partial charge on any atom is 0.287 e. The second-order valence-electron chi connectivity index (χ2n) is 6.33. The number of carbonyl (C=O) groups excluding carboxylic acids is 1. The summed E-state index contributed by atoms with van der Waals surface area (Å²) in [5, 5.41) is 6.53. The van der Waals surface area contributed by atoms with E-state index in [-0.39, 0.29) is 17.5 Å². The highest BCUT2D eigenvalue weighted by Gasteiger charge is 2.17. The summed E-state index contributed by atoms with van der Waals surface area (Å²) >= 11 is 1.62. The highest BCUT2D eigenvalue weighted by Crippen LogP contribution is 2.26. The summed E-state index contributed by atoms with van der Waals surface area (Å²) in [6.07, 6.45) is 0. The molecule has 2 heterocycles. The fourth-order valence-corrected chi connectivity index (χ4v) is 3.58. The first-order chi connectivity index (χ1) is 13.0. The monoisotopic (exact) mass is 380 g/mol. The van der Waals surface area contributed by atoms with Crippen molar-refractivity contribution in [2.45, 2.75) is 20.4 Å². The number of nitrogens with one attached hydrogen (secondary N) is 1. The fraction of sp³-hybridized carbons (Fsp3) is 0.143. The summed E-state index contributed by atoms with van der Waals surface area (Å²) in [5.41, 5.74) is 4.11. The van der Waals surface area contributed by atoms with Gasteiger partial charge in [-0.1, -0.05) is 24.3 Å². The van der Waals surface area contributed by atoms with E-state index in [2.05, 4.69) is 10.3 Å². The zero-order valence-corrected chi connectivity index (χ0v) is 15.7. The highest BCUT2D eigenvalue weighted by molar-refractivity contribution is 7.09. The zero-order valence-electron chi connectivity index (χ0n) is 14.9. The Morgan fingerprint density at radius 1 is 1.19 bits per heavy atom. The van der Waals surface area contributed by atoms with Crippen molar-refractivity contribution >= 4 is 28.2 Å². The molecule has 136 valence electrons. The molecule has 2 aromatic heterocycles. The Labute approximate surface area is 159 Å². The molecule has 0 fully saturated rings. The third kappa shape index (κ3) is 3.48. The van der Waals surface area contributed by atoms with Gasteiger partial charge in [0.1, 0.15) is 11.4 Å². The molecule has 0 aliphatic rings. The Balaban J connectivity index is 1.47. The number of thiazole rings is 1. The Morgan fingerprint density at radius 3 is 2.67 bits per heavy atom. The topological polar surface area (TPSA) is 55.1 Å². The molecule has 2 aromatic carbocycles. The lowest BCUT2D eigenvalue weighted by atomic mass is 10.1. The number of furan rings is 1. The number of aryl methyl sites for hydroxylation is 2. The maximum atomic E-state index is 13.4. The van der Waals surface area contributed by atoms with Crippen LogP contribution in [-0.4, -0.2) is 10.9 Å². The molecule has 6 heteroatoms. The van der Waals surface area contributed by atoms with Crippen LogP contribution in [0.15, 0.2) is 52.3 Å². The minimum atomic E-state index is -0.353. The van der Waals surface area contributed by atoms with Crippen molar-refractivity contribution in [3.05, 3.63) is 75.6 Å². The van der Waals surface area contributed by atoms with Crippen LogP contribution in [-0.2, 0) is 6.54 Å². The highest BCUT2D eigenvalue weighted by atomic mass is 32.1. The molecule has 0 saturated carbocycles. The van der Waals surface area contributed by atoms with Crippen LogP contribution in [0.4, 0.5) is 4.39 Å². The van der Waals surface area contributed by atoms with Gasteiger partial charge in [-0.2, -0.15) is 0 Å². The van der Waals surface area contributed by atoms with Crippen LogP contribution >= 0.6 is 11.3 Å². The number of amides is 1. The first-order valence-corrected chi connectivity index (χ1v) is 9.37. The van der Waals surface area contributed by atoms with Gasteiger partial charge >= 0.3 is 0 Å². The van der Waals surface area contributed by atoms with Gasteiger partial charge in [0, 0.05) is 28.4 Å². The molecule has 0 aliphatic heterocycles. The van der Waals surface area contributed by atoms with E-state index in [0.717, 1.165) is 21.8 Å². The van der Waals surface area contributed by atoms with Crippen molar-refractivity contribution in [3.63, 3.8) is 0 Å². The van der Waals surface area contributed by atoms with Crippen molar-refractivity contribution < 1.29 is 13.6 Å². The third-order valence-corrected chi connectivity index (χ3v) is 5.20. The lowest BCUT2D eigenvalue weighted by molar-refractivity contribution is 0.0924. The molecule has 0 bridgehead atoms. The fourth-order valence-electron chi connectivity index (χ4n) is 2.96. The second kappa shape index (κ2) is 6.96. The van der Waals surface area contributed by atoms with Crippen LogP contribution < -0.4 is 5.32 Å². The van der Waals surface area contributed by atoms with Crippen LogP contribution in [0.25, 0.3) is 22.2 Å². The molecule has 0 aliphatic carbocycles. The van der Waals surface area contributed by atoms with Crippen LogP contribution in [0, 0.1) is 19.7 Å². The van der Waals surface area contributed by atoms with Crippen molar-refractivity contribution in [2.24, 2.45) is 0 Å². The Kier molecular flexibility index (Phi) is 4.49. The summed E-state index contributed by atoms with van der Waals surface area (Å²) in [4.78, 5) is 16.9. The first-order valence-electron chi connectivity index (χ1n) is 8.49. The number of hydrogen-bond acceptors (Lipinski definition) is 4. The van der Waals surface area contributed by atoms with Crippen molar-refractivity contribution in [3.8, 4) is 11.3 Å². The van der Waals surface area contributed by atoms with Crippen molar-refractivity contribution in [1.29, 1.82) is 0 Å². The number of carbonyl (C=O) groups is 1. The first kappa shape index (κ1) is 17.4. The van der Waals surface area contributed by atoms with E-state index in [0.29, 0.717) is 23.1 Å². The number of benzene rings is 2. The van der Waals surface area contributed by atoms with E-state index in [1.165, 1.54) is 18.2 Å². The van der Waals surface area contributed by atoms with E-state index in [9.17, 15) is 9.18 Å². The van der Waals surface area contributed by atoms with Gasteiger partial charge in [0.25, 0.3) is 5.91 Å². The molecule has 0 spiro atoms. The summed E-state index contributed by atoms with van der Waals surface area (Å²) < 4.78 is 19.0. The zero-order chi connectivity index (χ0) is 19.0. The maximum absolute atomic E-state index is 13.4. The number of nitrogens with zero attached hydrogens (tertiary/aromatic N) is 1. The molecule has 1 amide bonds. The largest absolute Gasteiger partial charge is 0.451 e. The van der Waals surface area contributed by atoms with E-state index in [4.69, 9.17) is 4.42 Å². The summed E-state index contributed by atoms with van der Waals surface area (Å²) in [6.45, 7) is 4.11. The molecule has 27 heavy (non-hydrogen) atoms. The average Bonchev–Trinajstić information content (AvgIpc) is 3.24.